The van der Waals surface area contributed by atoms with Crippen LogP contribution in [-0.2, 0) is 0 Å². The number of anilines is 1. The molecular weight excluding hydrogens is 290 g/mol. The van der Waals surface area contributed by atoms with Crippen LogP contribution in [0.25, 0.3) is 33.1 Å². The summed E-state index contributed by atoms with van der Waals surface area (Å²) >= 11 is 0. The summed E-state index contributed by atoms with van der Waals surface area (Å²) in [5.41, 5.74) is 8.36. The summed E-state index contributed by atoms with van der Waals surface area (Å²) in [7, 11) is 0. The fraction of sp³-hybridized carbons (Fsp3) is 0.118. The van der Waals surface area contributed by atoms with Gasteiger partial charge in [0.05, 0.1) is 17.7 Å². The van der Waals surface area contributed by atoms with E-state index in [4.69, 9.17) is 10.5 Å². The van der Waals surface area contributed by atoms with E-state index in [1.165, 1.54) is 6.33 Å². The maximum atomic E-state index is 5.98. The molecule has 0 aliphatic carbocycles. The summed E-state index contributed by atoms with van der Waals surface area (Å²) in [4.78, 5) is 8.18. The van der Waals surface area contributed by atoms with Gasteiger partial charge in [-0.15, -0.1) is 0 Å². The first-order valence-electron chi connectivity index (χ1n) is 7.38. The molecule has 4 rings (SSSR count). The molecule has 0 aliphatic rings. The van der Waals surface area contributed by atoms with Gasteiger partial charge in [0.25, 0.3) is 0 Å². The van der Waals surface area contributed by atoms with E-state index < -0.39 is 0 Å². The summed E-state index contributed by atoms with van der Waals surface area (Å²) in [5.74, 6) is 1.29. The van der Waals surface area contributed by atoms with E-state index in [9.17, 15) is 0 Å². The van der Waals surface area contributed by atoms with Crippen molar-refractivity contribution in [2.75, 3.05) is 12.3 Å². The molecule has 6 nitrogen and oxygen atoms in total. The second kappa shape index (κ2) is 5.24. The molecule has 0 saturated heterocycles. The maximum absolute atomic E-state index is 5.98. The first kappa shape index (κ1) is 13.5. The molecule has 2 heterocycles. The van der Waals surface area contributed by atoms with Gasteiger partial charge in [0.2, 0.25) is 0 Å². The third-order valence-corrected chi connectivity index (χ3v) is 3.79. The lowest BCUT2D eigenvalue weighted by Gasteiger charge is -2.06. The predicted molar refractivity (Wildman–Crippen MR) is 90.2 cm³/mol. The summed E-state index contributed by atoms with van der Waals surface area (Å²) in [6.45, 7) is 2.63. The average Bonchev–Trinajstić information content (AvgIpc) is 3.00. The number of nitrogens with two attached hydrogens (primary N) is 1. The molecule has 4 aromatic rings. The smallest absolute Gasteiger partial charge is 0.186 e. The lowest BCUT2D eigenvalue weighted by Crippen LogP contribution is -1.92. The van der Waals surface area contributed by atoms with Gasteiger partial charge in [0, 0.05) is 5.56 Å². The molecule has 0 amide bonds. The standard InChI is InChI=1S/C17H15N5O/c1-2-23-13-6-5-10-7-12(4-3-11(10)8-13)15-14-16(18)19-9-20-17(14)22-21-15/h3-9H,2H2,1H3,(H3,18,19,20,21,22). The molecule has 0 unspecified atom stereocenters. The highest BCUT2D eigenvalue weighted by Crippen LogP contribution is 2.31. The largest absolute Gasteiger partial charge is 0.494 e. The first-order valence-corrected chi connectivity index (χ1v) is 7.38. The quantitative estimate of drug-likeness (QED) is 0.607. The van der Waals surface area contributed by atoms with Crippen LogP contribution >= 0.6 is 0 Å². The Morgan fingerprint density at radius 2 is 1.91 bits per heavy atom. The van der Waals surface area contributed by atoms with E-state index in [2.05, 4.69) is 32.3 Å². The zero-order chi connectivity index (χ0) is 15.8. The van der Waals surface area contributed by atoms with Crippen LogP contribution in [0.1, 0.15) is 6.92 Å². The molecule has 23 heavy (non-hydrogen) atoms. The molecule has 2 aromatic carbocycles. The van der Waals surface area contributed by atoms with Gasteiger partial charge < -0.3 is 10.5 Å². The van der Waals surface area contributed by atoms with Gasteiger partial charge in [-0.25, -0.2) is 9.97 Å². The Kier molecular flexibility index (Phi) is 3.08. The van der Waals surface area contributed by atoms with Crippen molar-refractivity contribution < 1.29 is 4.74 Å². The Balaban J connectivity index is 1.86. The third kappa shape index (κ3) is 2.24. The fourth-order valence-corrected chi connectivity index (χ4v) is 2.72. The van der Waals surface area contributed by atoms with Crippen LogP contribution in [0.4, 0.5) is 5.82 Å². The van der Waals surface area contributed by atoms with Gasteiger partial charge in [0.1, 0.15) is 17.9 Å². The van der Waals surface area contributed by atoms with Crippen molar-refractivity contribution >= 4 is 27.6 Å². The van der Waals surface area contributed by atoms with E-state index in [1.807, 2.05) is 31.2 Å². The summed E-state index contributed by atoms with van der Waals surface area (Å²) in [5, 5.41) is 10.2. The van der Waals surface area contributed by atoms with Crippen LogP contribution in [0.5, 0.6) is 5.75 Å². The van der Waals surface area contributed by atoms with Gasteiger partial charge >= 0.3 is 0 Å². The van der Waals surface area contributed by atoms with E-state index >= 15 is 0 Å². The number of ether oxygens (including phenoxy) is 1. The normalized spacial score (nSPS) is 11.2. The van der Waals surface area contributed by atoms with Gasteiger partial charge in [-0.05, 0) is 35.9 Å². The van der Waals surface area contributed by atoms with Crippen LogP contribution in [0.2, 0.25) is 0 Å². The van der Waals surface area contributed by atoms with Crippen LogP contribution < -0.4 is 10.5 Å². The van der Waals surface area contributed by atoms with Crippen molar-refractivity contribution in [3.63, 3.8) is 0 Å². The van der Waals surface area contributed by atoms with E-state index in [0.29, 0.717) is 18.1 Å². The number of hydrogen-bond donors (Lipinski definition) is 2. The molecule has 0 radical (unpaired) electrons. The number of nitrogens with zero attached hydrogens (tertiary/aromatic N) is 3. The highest BCUT2D eigenvalue weighted by atomic mass is 16.5. The molecule has 0 atom stereocenters. The Labute approximate surface area is 132 Å². The maximum Gasteiger partial charge on any atom is 0.186 e. The van der Waals surface area contributed by atoms with Crippen LogP contribution in [0, 0.1) is 0 Å². The van der Waals surface area contributed by atoms with E-state index in [-0.39, 0.29) is 0 Å². The minimum absolute atomic E-state index is 0.422. The Morgan fingerprint density at radius 1 is 1.09 bits per heavy atom. The van der Waals surface area contributed by atoms with Crippen LogP contribution in [-0.4, -0.2) is 26.8 Å². The number of aromatic amines is 1. The van der Waals surface area contributed by atoms with Gasteiger partial charge in [0.15, 0.2) is 5.65 Å². The SMILES string of the molecule is CCOc1ccc2cc(-c3[nH]nc4ncnc(N)c34)ccc2c1. The van der Waals surface area contributed by atoms with Crippen molar-refractivity contribution in [1.29, 1.82) is 0 Å². The number of nitrogen functional groups attached to an aromatic ring is 1. The molecule has 0 spiro atoms. The fourth-order valence-electron chi connectivity index (χ4n) is 2.72. The molecule has 114 valence electrons. The minimum Gasteiger partial charge on any atom is -0.494 e. The minimum atomic E-state index is 0.422. The lowest BCUT2D eigenvalue weighted by atomic mass is 10.0. The van der Waals surface area contributed by atoms with Crippen molar-refractivity contribution in [3.05, 3.63) is 42.7 Å². The topological polar surface area (TPSA) is 89.7 Å². The number of nitrogens with one attached hydrogen (secondary N) is 1. The third-order valence-electron chi connectivity index (χ3n) is 3.79. The van der Waals surface area contributed by atoms with Gasteiger partial charge in [-0.3, -0.25) is 5.10 Å². The molecule has 0 bridgehead atoms. The van der Waals surface area contributed by atoms with Crippen molar-refractivity contribution in [2.24, 2.45) is 0 Å². The average molecular weight is 305 g/mol. The Bertz CT molecular complexity index is 1010. The van der Waals surface area contributed by atoms with Gasteiger partial charge in [-0.1, -0.05) is 18.2 Å². The van der Waals surface area contributed by atoms with Crippen LogP contribution in [0.3, 0.4) is 0 Å². The predicted octanol–water partition coefficient (Wildman–Crippen LogP) is 3.15. The number of benzene rings is 2. The van der Waals surface area contributed by atoms with Crippen molar-refractivity contribution in [2.45, 2.75) is 6.92 Å². The summed E-state index contributed by atoms with van der Waals surface area (Å²) in [6.07, 6.45) is 1.41. The molecule has 6 heteroatoms. The second-order valence-electron chi connectivity index (χ2n) is 5.21. The zero-order valence-electron chi connectivity index (χ0n) is 12.6. The number of fused-ring (bicyclic) bond motifs is 2. The number of aromatic nitrogens is 4. The highest BCUT2D eigenvalue weighted by molar-refractivity contribution is 5.99. The summed E-state index contributed by atoms with van der Waals surface area (Å²) < 4.78 is 5.54. The van der Waals surface area contributed by atoms with Crippen LogP contribution in [0.15, 0.2) is 42.7 Å². The highest BCUT2D eigenvalue weighted by Gasteiger charge is 2.12. The number of rotatable bonds is 3. The van der Waals surface area contributed by atoms with E-state index in [0.717, 1.165) is 33.2 Å². The molecule has 3 N–H and O–H groups in total. The number of hydrogen-bond acceptors (Lipinski definition) is 5. The first-order chi connectivity index (χ1) is 11.3. The molecule has 0 aliphatic heterocycles. The Morgan fingerprint density at radius 3 is 2.78 bits per heavy atom. The molecule has 0 fully saturated rings. The van der Waals surface area contributed by atoms with E-state index in [1.54, 1.807) is 0 Å². The Hall–Kier alpha value is -3.15. The van der Waals surface area contributed by atoms with Crippen molar-refractivity contribution in [1.82, 2.24) is 20.2 Å². The monoisotopic (exact) mass is 305 g/mol. The molecule has 2 aromatic heterocycles. The molecular formula is C17H15N5O. The zero-order valence-corrected chi connectivity index (χ0v) is 12.6. The number of H-pyrrole nitrogens is 1. The second-order valence-corrected chi connectivity index (χ2v) is 5.21. The molecule has 0 saturated carbocycles. The van der Waals surface area contributed by atoms with Gasteiger partial charge in [-0.2, -0.15) is 5.10 Å². The lowest BCUT2D eigenvalue weighted by molar-refractivity contribution is 0.341. The summed E-state index contributed by atoms with van der Waals surface area (Å²) in [6, 6.07) is 12.2. The van der Waals surface area contributed by atoms with Crippen molar-refractivity contribution in [3.8, 4) is 17.0 Å².